The molecule has 8 aromatic carbocycles. The van der Waals surface area contributed by atoms with Gasteiger partial charge in [-0.05, 0) is 74.7 Å². The molecule has 10 rings (SSSR count). The van der Waals surface area contributed by atoms with Crippen LogP contribution in [0.4, 0.5) is 0 Å². The highest BCUT2D eigenvalue weighted by atomic mass is 16.5. The van der Waals surface area contributed by atoms with E-state index in [9.17, 15) is 0 Å². The maximum atomic E-state index is 6.47. The molecule has 0 atom stereocenters. The Hall–Kier alpha value is -7.10. The van der Waals surface area contributed by atoms with Gasteiger partial charge in [0.15, 0.2) is 5.82 Å². The van der Waals surface area contributed by atoms with Crippen LogP contribution in [-0.4, -0.2) is 9.97 Å². The van der Waals surface area contributed by atoms with E-state index in [1.165, 1.54) is 27.5 Å². The van der Waals surface area contributed by atoms with Crippen molar-refractivity contribution in [2.75, 3.05) is 0 Å². The summed E-state index contributed by atoms with van der Waals surface area (Å²) < 4.78 is 6.47. The molecule has 53 heavy (non-hydrogen) atoms. The number of ether oxygens (including phenoxy) is 1. The minimum Gasteiger partial charge on any atom is -0.456 e. The van der Waals surface area contributed by atoms with E-state index in [0.29, 0.717) is 5.82 Å². The third-order valence-electron chi connectivity index (χ3n) is 10.1. The molecule has 1 aliphatic rings. The fourth-order valence-corrected chi connectivity index (χ4v) is 7.38. The molecule has 1 aromatic heterocycles. The molecule has 0 spiro atoms. The van der Waals surface area contributed by atoms with Crippen LogP contribution < -0.4 is 4.74 Å². The normalized spacial score (nSPS) is 11.5. The Morgan fingerprint density at radius 1 is 0.302 bits per heavy atom. The first-order chi connectivity index (χ1) is 26.2. The van der Waals surface area contributed by atoms with Crippen molar-refractivity contribution < 1.29 is 4.74 Å². The lowest BCUT2D eigenvalue weighted by atomic mass is 9.92. The number of hydrogen-bond donors (Lipinski definition) is 0. The maximum absolute atomic E-state index is 6.47. The van der Waals surface area contributed by atoms with Crippen LogP contribution in [0.25, 0.3) is 89.2 Å². The number of hydrogen-bond acceptors (Lipinski definition) is 3. The molecule has 0 bridgehead atoms. The van der Waals surface area contributed by atoms with Gasteiger partial charge in [0.05, 0.1) is 11.4 Å². The molecule has 2 heterocycles. The zero-order valence-corrected chi connectivity index (χ0v) is 28.8. The van der Waals surface area contributed by atoms with Crippen molar-refractivity contribution in [3.63, 3.8) is 0 Å². The Morgan fingerprint density at radius 2 is 0.792 bits per heavy atom. The largest absolute Gasteiger partial charge is 0.456 e. The Morgan fingerprint density at radius 3 is 1.47 bits per heavy atom. The van der Waals surface area contributed by atoms with Crippen LogP contribution in [0.15, 0.2) is 194 Å². The Kier molecular flexibility index (Phi) is 7.47. The summed E-state index contributed by atoms with van der Waals surface area (Å²) in [4.78, 5) is 10.1. The van der Waals surface area contributed by atoms with Crippen LogP contribution in [0.1, 0.15) is 0 Å². The van der Waals surface area contributed by atoms with Crippen LogP contribution in [0.3, 0.4) is 0 Å². The fourth-order valence-electron chi connectivity index (χ4n) is 7.38. The molecule has 0 amide bonds. The lowest BCUT2D eigenvalue weighted by Gasteiger charge is -2.22. The van der Waals surface area contributed by atoms with Gasteiger partial charge in [-0.25, -0.2) is 9.97 Å². The quantitative estimate of drug-likeness (QED) is 0.176. The predicted molar refractivity (Wildman–Crippen MR) is 218 cm³/mol. The van der Waals surface area contributed by atoms with E-state index < -0.39 is 0 Å². The second-order valence-electron chi connectivity index (χ2n) is 13.4. The van der Waals surface area contributed by atoms with Gasteiger partial charge in [0, 0.05) is 27.6 Å². The standard InChI is InChI=1S/C50H32N2O/c1-3-10-33(11-4-1)34-20-24-36(25-21-34)45-32-46(52-50(51-45)39-12-5-2-6-13-39)37-26-22-35(23-27-37)40-16-7-17-41(30-40)42-28-29-43-44-18-8-14-38-15-9-19-47(49(38)44)53-48(43)31-42/h1-32H. The summed E-state index contributed by atoms with van der Waals surface area (Å²) in [6.07, 6.45) is 0. The van der Waals surface area contributed by atoms with Crippen LogP contribution in [0.5, 0.6) is 11.5 Å². The van der Waals surface area contributed by atoms with E-state index in [2.05, 4.69) is 170 Å². The van der Waals surface area contributed by atoms with Gasteiger partial charge in [0.25, 0.3) is 0 Å². The van der Waals surface area contributed by atoms with Gasteiger partial charge >= 0.3 is 0 Å². The molecular formula is C50H32N2O. The van der Waals surface area contributed by atoms with Crippen molar-refractivity contribution in [1.82, 2.24) is 9.97 Å². The van der Waals surface area contributed by atoms with Crippen molar-refractivity contribution >= 4 is 10.8 Å². The molecule has 3 heteroatoms. The maximum Gasteiger partial charge on any atom is 0.160 e. The topological polar surface area (TPSA) is 35.0 Å². The molecular weight excluding hydrogens is 645 g/mol. The molecule has 3 nitrogen and oxygen atoms in total. The van der Waals surface area contributed by atoms with Gasteiger partial charge in [-0.1, -0.05) is 164 Å². The molecule has 9 aromatic rings. The first kappa shape index (κ1) is 30.7. The lowest BCUT2D eigenvalue weighted by molar-refractivity contribution is 0.487. The SMILES string of the molecule is c1ccc(-c2ccc(-c3cc(-c4ccc(-c5cccc(-c6ccc7c(c6)Oc6cccc8cccc-7c68)c5)cc4)nc(-c4ccccc4)n3)cc2)cc1. The zero-order valence-electron chi connectivity index (χ0n) is 28.8. The number of rotatable bonds is 6. The summed E-state index contributed by atoms with van der Waals surface area (Å²) in [5, 5.41) is 2.37. The van der Waals surface area contributed by atoms with Crippen LogP contribution >= 0.6 is 0 Å². The number of aromatic nitrogens is 2. The third-order valence-corrected chi connectivity index (χ3v) is 10.1. The fraction of sp³-hybridized carbons (Fsp3) is 0. The Balaban J connectivity index is 0.968. The second-order valence-corrected chi connectivity index (χ2v) is 13.4. The number of nitrogens with zero attached hydrogens (tertiary/aromatic N) is 2. The van der Waals surface area contributed by atoms with Gasteiger partial charge in [0.2, 0.25) is 0 Å². The molecule has 1 aliphatic heterocycles. The number of benzene rings is 8. The van der Waals surface area contributed by atoms with E-state index in [-0.39, 0.29) is 0 Å². The smallest absolute Gasteiger partial charge is 0.160 e. The minimum absolute atomic E-state index is 0.705. The highest BCUT2D eigenvalue weighted by Crippen LogP contribution is 2.47. The first-order valence-corrected chi connectivity index (χ1v) is 17.9. The highest BCUT2D eigenvalue weighted by molar-refractivity contribution is 6.04. The van der Waals surface area contributed by atoms with Gasteiger partial charge in [0.1, 0.15) is 11.5 Å². The van der Waals surface area contributed by atoms with Crippen molar-refractivity contribution in [1.29, 1.82) is 0 Å². The predicted octanol–water partition coefficient (Wildman–Crippen LogP) is 13.4. The molecule has 0 saturated carbocycles. The molecule has 0 fully saturated rings. The average molecular weight is 677 g/mol. The summed E-state index contributed by atoms with van der Waals surface area (Å²) >= 11 is 0. The third kappa shape index (κ3) is 5.75. The monoisotopic (exact) mass is 676 g/mol. The van der Waals surface area contributed by atoms with Gasteiger partial charge in [-0.15, -0.1) is 0 Å². The van der Waals surface area contributed by atoms with Crippen LogP contribution in [0.2, 0.25) is 0 Å². The summed E-state index contributed by atoms with van der Waals surface area (Å²) in [6.45, 7) is 0. The van der Waals surface area contributed by atoms with Crippen molar-refractivity contribution in [3.8, 4) is 89.9 Å². The van der Waals surface area contributed by atoms with E-state index in [0.717, 1.165) is 67.4 Å². The first-order valence-electron chi connectivity index (χ1n) is 17.9. The van der Waals surface area contributed by atoms with E-state index in [4.69, 9.17) is 14.7 Å². The van der Waals surface area contributed by atoms with E-state index >= 15 is 0 Å². The lowest BCUT2D eigenvalue weighted by Crippen LogP contribution is -1.97. The van der Waals surface area contributed by atoms with Crippen LogP contribution in [0, 0.1) is 0 Å². The summed E-state index contributed by atoms with van der Waals surface area (Å²) in [5.41, 5.74) is 14.1. The molecule has 0 unspecified atom stereocenters. The minimum atomic E-state index is 0.705. The molecule has 0 aliphatic carbocycles. The second kappa shape index (κ2) is 12.9. The molecule has 0 N–H and O–H groups in total. The molecule has 0 radical (unpaired) electrons. The van der Waals surface area contributed by atoms with Gasteiger partial charge in [-0.2, -0.15) is 0 Å². The van der Waals surface area contributed by atoms with E-state index in [1.54, 1.807) is 0 Å². The van der Waals surface area contributed by atoms with Crippen molar-refractivity contribution in [2.24, 2.45) is 0 Å². The number of fused-ring (bicyclic) bond motifs is 2. The van der Waals surface area contributed by atoms with Crippen LogP contribution in [-0.2, 0) is 0 Å². The van der Waals surface area contributed by atoms with Gasteiger partial charge in [-0.3, -0.25) is 0 Å². The highest BCUT2D eigenvalue weighted by Gasteiger charge is 2.20. The molecule has 248 valence electrons. The Labute approximate surface area is 308 Å². The Bertz CT molecular complexity index is 2770. The summed E-state index contributed by atoms with van der Waals surface area (Å²) in [7, 11) is 0. The summed E-state index contributed by atoms with van der Waals surface area (Å²) in [5.74, 6) is 2.50. The average Bonchev–Trinajstić information content (AvgIpc) is 3.24. The molecule has 0 saturated heterocycles. The zero-order chi connectivity index (χ0) is 35.1. The summed E-state index contributed by atoms with van der Waals surface area (Å²) in [6, 6.07) is 68.0. The van der Waals surface area contributed by atoms with Crippen molar-refractivity contribution in [3.05, 3.63) is 194 Å². The van der Waals surface area contributed by atoms with Gasteiger partial charge < -0.3 is 4.74 Å². The van der Waals surface area contributed by atoms with Crippen molar-refractivity contribution in [2.45, 2.75) is 0 Å². The van der Waals surface area contributed by atoms with E-state index in [1.807, 2.05) is 24.3 Å².